The number of carbonyl (C=O) groups is 2. The second kappa shape index (κ2) is 13.9. The standard InChI is InChI=1S/C8H6O4.C4H10S.Na.H2O.H/c9-7(10)5-2-1-3-6(4-5)8(11)12;1-3-5-4-2;;;/h1-4H,(H,9,10)(H,11,12);3-4H2,1-2H3;;1H2;. The topological polar surface area (TPSA) is 106 Å². The third-order valence-corrected chi connectivity index (χ3v) is 2.58. The molecule has 0 fully saturated rings. The van der Waals surface area contributed by atoms with Crippen LogP contribution >= 0.6 is 11.8 Å². The maximum absolute atomic E-state index is 10.4. The van der Waals surface area contributed by atoms with E-state index in [1.807, 2.05) is 11.8 Å². The zero-order valence-electron chi connectivity index (χ0n) is 10.3. The second-order valence-corrected chi connectivity index (χ2v) is 4.54. The Morgan fingerprint density at radius 1 is 1.05 bits per heavy atom. The van der Waals surface area contributed by atoms with Gasteiger partial charge in [0.1, 0.15) is 0 Å². The van der Waals surface area contributed by atoms with E-state index in [2.05, 4.69) is 13.8 Å². The van der Waals surface area contributed by atoms with Gasteiger partial charge in [0.15, 0.2) is 0 Å². The zero-order chi connectivity index (χ0) is 13.3. The van der Waals surface area contributed by atoms with Crippen LogP contribution in [0.2, 0.25) is 0 Å². The molecule has 0 spiro atoms. The normalized spacial score (nSPS) is 8.11. The number of thioether (sulfide) groups is 1. The van der Waals surface area contributed by atoms with E-state index in [1.165, 1.54) is 29.7 Å². The van der Waals surface area contributed by atoms with Crippen LogP contribution in [0, 0.1) is 0 Å². The third kappa shape index (κ3) is 11.0. The van der Waals surface area contributed by atoms with E-state index in [9.17, 15) is 9.59 Å². The Bertz CT molecular complexity index is 353. The Morgan fingerprint density at radius 2 is 1.42 bits per heavy atom. The molecule has 7 heteroatoms. The van der Waals surface area contributed by atoms with Crippen LogP contribution in [0.3, 0.4) is 0 Å². The average molecular weight is 298 g/mol. The molecule has 0 aliphatic rings. The van der Waals surface area contributed by atoms with Gasteiger partial charge in [-0.15, -0.1) is 0 Å². The summed E-state index contributed by atoms with van der Waals surface area (Å²) in [5, 5.41) is 17.0. The number of rotatable bonds is 4. The molecule has 0 amide bonds. The summed E-state index contributed by atoms with van der Waals surface area (Å²) >= 11 is 1.96. The van der Waals surface area contributed by atoms with E-state index in [4.69, 9.17) is 10.2 Å². The van der Waals surface area contributed by atoms with Crippen molar-refractivity contribution in [2.24, 2.45) is 0 Å². The van der Waals surface area contributed by atoms with E-state index < -0.39 is 11.9 Å². The quantitative estimate of drug-likeness (QED) is 0.816. The van der Waals surface area contributed by atoms with Gasteiger partial charge in [-0.05, 0) is 29.7 Å². The monoisotopic (exact) mass is 298 g/mol. The SMILES string of the molecule is CCSCC.O.O=C(O)c1cccc(C(=O)O)c1.[NaH]. The molecular formula is C12H19NaO5S. The van der Waals surface area contributed by atoms with Gasteiger partial charge in [-0.25, -0.2) is 9.59 Å². The van der Waals surface area contributed by atoms with Crippen LogP contribution in [0.1, 0.15) is 34.6 Å². The van der Waals surface area contributed by atoms with Crippen LogP contribution in [-0.4, -0.2) is 68.7 Å². The summed E-state index contributed by atoms with van der Waals surface area (Å²) in [6.07, 6.45) is 0. The van der Waals surface area contributed by atoms with Crippen molar-refractivity contribution < 1.29 is 25.3 Å². The van der Waals surface area contributed by atoms with Gasteiger partial charge >= 0.3 is 41.5 Å². The summed E-state index contributed by atoms with van der Waals surface area (Å²) in [7, 11) is 0. The van der Waals surface area contributed by atoms with Gasteiger partial charge in [-0.3, -0.25) is 0 Å². The molecule has 0 heterocycles. The van der Waals surface area contributed by atoms with Crippen molar-refractivity contribution >= 4 is 53.3 Å². The van der Waals surface area contributed by atoms with Crippen molar-refractivity contribution in [3.05, 3.63) is 35.4 Å². The first-order chi connectivity index (χ1) is 8.02. The minimum absolute atomic E-state index is 0. The summed E-state index contributed by atoms with van der Waals surface area (Å²) in [6, 6.07) is 5.20. The first-order valence-electron chi connectivity index (χ1n) is 5.17. The third-order valence-electron chi connectivity index (χ3n) is 1.76. The van der Waals surface area contributed by atoms with Crippen LogP contribution < -0.4 is 0 Å². The average Bonchev–Trinajstić information content (AvgIpc) is 2.31. The van der Waals surface area contributed by atoms with Crippen molar-refractivity contribution in [3.63, 3.8) is 0 Å². The van der Waals surface area contributed by atoms with Crippen molar-refractivity contribution in [1.82, 2.24) is 0 Å². The Balaban J connectivity index is -0.000000320. The molecule has 1 rings (SSSR count). The Labute approximate surface area is 139 Å². The van der Waals surface area contributed by atoms with E-state index >= 15 is 0 Å². The Morgan fingerprint density at radius 3 is 1.63 bits per heavy atom. The number of hydrogen-bond acceptors (Lipinski definition) is 3. The predicted octanol–water partition coefficient (Wildman–Crippen LogP) is 1.37. The molecule has 1 aromatic rings. The van der Waals surface area contributed by atoms with Crippen LogP contribution in [0.25, 0.3) is 0 Å². The summed E-state index contributed by atoms with van der Waals surface area (Å²) < 4.78 is 0. The van der Waals surface area contributed by atoms with Crippen molar-refractivity contribution in [3.8, 4) is 0 Å². The van der Waals surface area contributed by atoms with Gasteiger partial charge in [0.2, 0.25) is 0 Å². The molecule has 19 heavy (non-hydrogen) atoms. The fourth-order valence-corrected chi connectivity index (χ4v) is 1.40. The molecule has 0 bridgehead atoms. The Kier molecular flexibility index (Phi) is 17.2. The molecule has 1 aromatic carbocycles. The first-order valence-corrected chi connectivity index (χ1v) is 6.32. The molecule has 0 aromatic heterocycles. The molecule has 104 valence electrons. The molecule has 0 atom stereocenters. The number of carboxylic acid groups (broad SMARTS) is 2. The molecular weight excluding hydrogens is 279 g/mol. The second-order valence-electron chi connectivity index (χ2n) is 2.97. The Hall–Kier alpha value is -0.530. The molecule has 0 aliphatic heterocycles. The number of carboxylic acids is 2. The molecule has 5 nitrogen and oxygen atoms in total. The number of aromatic carboxylic acids is 2. The van der Waals surface area contributed by atoms with E-state index in [0.29, 0.717) is 0 Å². The molecule has 0 saturated heterocycles. The van der Waals surface area contributed by atoms with Gasteiger partial charge in [0.25, 0.3) is 0 Å². The fourth-order valence-electron chi connectivity index (χ4n) is 0.989. The summed E-state index contributed by atoms with van der Waals surface area (Å²) in [5.41, 5.74) is -0.0372. The first kappa shape index (κ1) is 23.6. The van der Waals surface area contributed by atoms with Crippen LogP contribution in [0.4, 0.5) is 0 Å². The molecule has 0 radical (unpaired) electrons. The summed E-state index contributed by atoms with van der Waals surface area (Å²) in [4.78, 5) is 20.8. The summed E-state index contributed by atoms with van der Waals surface area (Å²) in [6.45, 7) is 4.35. The van der Waals surface area contributed by atoms with Gasteiger partial charge in [-0.1, -0.05) is 19.9 Å². The molecule has 0 saturated carbocycles. The van der Waals surface area contributed by atoms with Crippen molar-refractivity contribution in [2.75, 3.05) is 11.5 Å². The van der Waals surface area contributed by atoms with E-state index in [0.717, 1.165) is 6.07 Å². The van der Waals surface area contributed by atoms with Crippen LogP contribution in [0.15, 0.2) is 24.3 Å². The molecule has 0 aliphatic carbocycles. The summed E-state index contributed by atoms with van der Waals surface area (Å²) in [5.74, 6) is 0.267. The van der Waals surface area contributed by atoms with Crippen LogP contribution in [-0.2, 0) is 0 Å². The van der Waals surface area contributed by atoms with Crippen molar-refractivity contribution in [2.45, 2.75) is 13.8 Å². The zero-order valence-corrected chi connectivity index (χ0v) is 11.2. The van der Waals surface area contributed by atoms with Crippen molar-refractivity contribution in [1.29, 1.82) is 0 Å². The number of benzene rings is 1. The van der Waals surface area contributed by atoms with E-state index in [-0.39, 0.29) is 46.2 Å². The predicted molar refractivity (Wildman–Crippen MR) is 79.8 cm³/mol. The van der Waals surface area contributed by atoms with Gasteiger partial charge < -0.3 is 15.7 Å². The van der Waals surface area contributed by atoms with Gasteiger partial charge in [0, 0.05) is 0 Å². The van der Waals surface area contributed by atoms with Crippen LogP contribution in [0.5, 0.6) is 0 Å². The van der Waals surface area contributed by atoms with Gasteiger partial charge in [0.05, 0.1) is 11.1 Å². The van der Waals surface area contributed by atoms with Gasteiger partial charge in [-0.2, -0.15) is 11.8 Å². The molecule has 4 N–H and O–H groups in total. The van der Waals surface area contributed by atoms with E-state index in [1.54, 1.807) is 0 Å². The molecule has 0 unspecified atom stereocenters. The minimum atomic E-state index is -1.13. The maximum atomic E-state index is 10.4. The number of hydrogen-bond donors (Lipinski definition) is 2. The fraction of sp³-hybridized carbons (Fsp3) is 0.333.